The van der Waals surface area contributed by atoms with Crippen molar-refractivity contribution in [3.63, 3.8) is 0 Å². The standard InChI is InChI=1S/C20H27N5O6S/c1-10(2)14(19(27)28)15-16(25(29)30)18(24(21)20(22-15)32-6)31-13-8-11(3)7-12(9-13)17(26)23(4)5/h7-10,14,20H,21H2,1-6H3,(H,27,28). The Morgan fingerprint density at radius 3 is 2.44 bits per heavy atom. The first-order valence-corrected chi connectivity index (χ1v) is 10.9. The number of hydrazine groups is 1. The van der Waals surface area contributed by atoms with Gasteiger partial charge in [0, 0.05) is 19.7 Å². The van der Waals surface area contributed by atoms with Crippen LogP contribution in [0.2, 0.25) is 0 Å². The molecule has 1 amide bonds. The molecule has 0 radical (unpaired) electrons. The molecule has 1 heterocycles. The van der Waals surface area contributed by atoms with Crippen molar-refractivity contribution < 1.29 is 24.4 Å². The van der Waals surface area contributed by atoms with Crippen LogP contribution in [0.1, 0.15) is 29.8 Å². The molecule has 0 saturated carbocycles. The summed E-state index contributed by atoms with van der Waals surface area (Å²) in [6, 6.07) is 4.71. The van der Waals surface area contributed by atoms with Crippen molar-refractivity contribution in [3.8, 4) is 5.75 Å². The lowest BCUT2D eigenvalue weighted by Crippen LogP contribution is -2.47. The summed E-state index contributed by atoms with van der Waals surface area (Å²) in [6.45, 7) is 5.03. The third kappa shape index (κ3) is 5.19. The fraction of sp³-hybridized carbons (Fsp3) is 0.450. The molecule has 2 rings (SSSR count). The zero-order valence-corrected chi connectivity index (χ0v) is 19.5. The normalized spacial score (nSPS) is 17.2. The number of allylic oxidation sites excluding steroid dienone is 1. The minimum absolute atomic E-state index is 0.150. The Bertz CT molecular complexity index is 991. The first-order chi connectivity index (χ1) is 14.9. The number of rotatable bonds is 8. The van der Waals surface area contributed by atoms with Gasteiger partial charge >= 0.3 is 11.7 Å². The second kappa shape index (κ2) is 10.0. The van der Waals surface area contributed by atoms with Gasteiger partial charge in [-0.25, -0.2) is 15.8 Å². The average Bonchev–Trinajstić information content (AvgIpc) is 2.68. The van der Waals surface area contributed by atoms with Crippen molar-refractivity contribution in [2.75, 3.05) is 20.4 Å². The second-order valence-electron chi connectivity index (χ2n) is 7.79. The van der Waals surface area contributed by atoms with E-state index in [1.807, 2.05) is 0 Å². The van der Waals surface area contributed by atoms with Gasteiger partial charge in [-0.15, -0.1) is 11.8 Å². The van der Waals surface area contributed by atoms with Crippen LogP contribution in [0.4, 0.5) is 0 Å². The van der Waals surface area contributed by atoms with Crippen LogP contribution in [0, 0.1) is 28.9 Å². The number of carboxylic acid groups (broad SMARTS) is 1. The van der Waals surface area contributed by atoms with Gasteiger partial charge in [-0.1, -0.05) is 13.8 Å². The van der Waals surface area contributed by atoms with Crippen molar-refractivity contribution in [1.82, 2.24) is 9.91 Å². The number of hydrogen-bond donors (Lipinski definition) is 2. The van der Waals surface area contributed by atoms with E-state index < -0.39 is 33.9 Å². The number of aryl methyl sites for hydroxylation is 1. The van der Waals surface area contributed by atoms with Crippen molar-refractivity contribution in [3.05, 3.63) is 51.0 Å². The molecule has 0 spiro atoms. The topological polar surface area (TPSA) is 152 Å². The lowest BCUT2D eigenvalue weighted by Gasteiger charge is -2.32. The van der Waals surface area contributed by atoms with Crippen molar-refractivity contribution in [2.45, 2.75) is 26.3 Å². The molecule has 0 aromatic heterocycles. The summed E-state index contributed by atoms with van der Waals surface area (Å²) in [7, 11) is 3.20. The number of carbonyl (C=O) groups excluding carboxylic acids is 1. The Labute approximate surface area is 190 Å². The minimum Gasteiger partial charge on any atom is -0.481 e. The Hall–Kier alpha value is -3.12. The van der Waals surface area contributed by atoms with Crippen LogP contribution >= 0.6 is 11.8 Å². The molecule has 0 fully saturated rings. The van der Waals surface area contributed by atoms with E-state index in [0.717, 1.165) is 16.8 Å². The van der Waals surface area contributed by atoms with E-state index in [2.05, 4.69) is 4.99 Å². The maximum Gasteiger partial charge on any atom is 0.352 e. The quantitative estimate of drug-likeness (QED) is 0.334. The van der Waals surface area contributed by atoms with Gasteiger partial charge < -0.3 is 14.7 Å². The van der Waals surface area contributed by atoms with E-state index in [0.29, 0.717) is 11.1 Å². The van der Waals surface area contributed by atoms with Gasteiger partial charge in [0.05, 0.1) is 4.92 Å². The van der Waals surface area contributed by atoms with Crippen LogP contribution in [0.5, 0.6) is 5.75 Å². The highest BCUT2D eigenvalue weighted by molar-refractivity contribution is 7.99. The predicted molar refractivity (Wildman–Crippen MR) is 121 cm³/mol. The zero-order valence-electron chi connectivity index (χ0n) is 18.7. The predicted octanol–water partition coefficient (Wildman–Crippen LogP) is 2.16. The fourth-order valence-corrected chi connectivity index (χ4v) is 3.80. The van der Waals surface area contributed by atoms with Crippen molar-refractivity contribution in [2.24, 2.45) is 22.7 Å². The number of nitro groups is 1. The molecule has 32 heavy (non-hydrogen) atoms. The first-order valence-electron chi connectivity index (χ1n) is 9.66. The second-order valence-corrected chi connectivity index (χ2v) is 8.68. The molecule has 2 atom stereocenters. The fourth-order valence-electron chi connectivity index (χ4n) is 3.26. The summed E-state index contributed by atoms with van der Waals surface area (Å²) in [5.41, 5.74) is -0.659. The number of aliphatic carboxylic acids is 1. The number of carbonyl (C=O) groups is 2. The zero-order chi connectivity index (χ0) is 24.3. The lowest BCUT2D eigenvalue weighted by molar-refractivity contribution is -0.420. The van der Waals surface area contributed by atoms with E-state index in [4.69, 9.17) is 10.6 Å². The summed E-state index contributed by atoms with van der Waals surface area (Å²) in [6.07, 6.45) is 1.69. The summed E-state index contributed by atoms with van der Waals surface area (Å²) in [5, 5.41) is 22.7. The van der Waals surface area contributed by atoms with E-state index in [-0.39, 0.29) is 23.3 Å². The Morgan fingerprint density at radius 2 is 1.97 bits per heavy atom. The largest absolute Gasteiger partial charge is 0.481 e. The van der Waals surface area contributed by atoms with Crippen molar-refractivity contribution in [1.29, 1.82) is 0 Å². The average molecular weight is 466 g/mol. The maximum absolute atomic E-state index is 12.4. The summed E-state index contributed by atoms with van der Waals surface area (Å²) in [4.78, 5) is 41.3. The highest BCUT2D eigenvalue weighted by Gasteiger charge is 2.44. The number of benzene rings is 1. The van der Waals surface area contributed by atoms with Crippen LogP contribution in [0.15, 0.2) is 34.8 Å². The Kier molecular flexibility index (Phi) is 7.86. The molecule has 1 aliphatic heterocycles. The third-order valence-corrected chi connectivity index (χ3v) is 5.46. The number of carboxylic acids is 1. The van der Waals surface area contributed by atoms with E-state index in [1.54, 1.807) is 53.3 Å². The van der Waals surface area contributed by atoms with Gasteiger partial charge in [0.25, 0.3) is 11.8 Å². The summed E-state index contributed by atoms with van der Waals surface area (Å²) < 4.78 is 5.85. The number of nitrogens with two attached hydrogens (primary N) is 1. The van der Waals surface area contributed by atoms with E-state index in [1.165, 1.54) is 11.0 Å². The molecule has 174 valence electrons. The van der Waals surface area contributed by atoms with Crippen LogP contribution in [-0.4, -0.2) is 63.4 Å². The maximum atomic E-state index is 12.4. The number of ether oxygens (including phenoxy) is 1. The molecular formula is C20H27N5O6S. The van der Waals surface area contributed by atoms with Gasteiger partial charge in [-0.3, -0.25) is 19.7 Å². The molecule has 11 nitrogen and oxygen atoms in total. The Morgan fingerprint density at radius 1 is 1.34 bits per heavy atom. The molecular weight excluding hydrogens is 438 g/mol. The molecule has 0 bridgehead atoms. The smallest absolute Gasteiger partial charge is 0.352 e. The SMILES string of the molecule is CSC1N=C(C(C(=O)O)C(C)C)C([N+](=O)[O-])=C(Oc2cc(C)cc(C(=O)N(C)C)c2)N1N. The Balaban J connectivity index is 2.68. The molecule has 1 aliphatic rings. The molecule has 1 aromatic carbocycles. The molecule has 3 N–H and O–H groups in total. The van der Waals surface area contributed by atoms with Gasteiger partial charge in [0.15, 0.2) is 5.50 Å². The third-order valence-electron chi connectivity index (χ3n) is 4.71. The van der Waals surface area contributed by atoms with Crippen LogP contribution in [0.3, 0.4) is 0 Å². The number of aliphatic imine (C=N–C) groups is 1. The van der Waals surface area contributed by atoms with Gasteiger partial charge in [0.2, 0.25) is 0 Å². The minimum atomic E-state index is -1.24. The van der Waals surface area contributed by atoms with Gasteiger partial charge in [0.1, 0.15) is 17.4 Å². The van der Waals surface area contributed by atoms with Crippen molar-refractivity contribution >= 4 is 29.4 Å². The number of thioether (sulfide) groups is 1. The summed E-state index contributed by atoms with van der Waals surface area (Å²) in [5.74, 6) is 2.69. The number of nitrogens with zero attached hydrogens (tertiary/aromatic N) is 4. The van der Waals surface area contributed by atoms with Crippen LogP contribution in [-0.2, 0) is 4.79 Å². The molecule has 0 aliphatic carbocycles. The monoisotopic (exact) mass is 465 g/mol. The molecule has 2 unspecified atom stereocenters. The molecule has 1 aromatic rings. The molecule has 0 saturated heterocycles. The van der Waals surface area contributed by atoms with Crippen LogP contribution < -0.4 is 10.6 Å². The van der Waals surface area contributed by atoms with E-state index >= 15 is 0 Å². The first kappa shape index (κ1) is 25.1. The van der Waals surface area contributed by atoms with E-state index in [9.17, 15) is 24.8 Å². The number of amides is 1. The highest BCUT2D eigenvalue weighted by atomic mass is 32.2. The molecule has 12 heteroatoms. The lowest BCUT2D eigenvalue weighted by atomic mass is 9.89. The van der Waals surface area contributed by atoms with Gasteiger partial charge in [-0.2, -0.15) is 0 Å². The van der Waals surface area contributed by atoms with Gasteiger partial charge in [-0.05, 0) is 42.9 Å². The van der Waals surface area contributed by atoms with Crippen LogP contribution in [0.25, 0.3) is 0 Å². The summed E-state index contributed by atoms with van der Waals surface area (Å²) >= 11 is 1.16. The number of hydrogen-bond acceptors (Lipinski definition) is 9. The highest BCUT2D eigenvalue weighted by Crippen LogP contribution is 2.32.